The Hall–Kier alpha value is -2.10. The van der Waals surface area contributed by atoms with E-state index in [1.54, 1.807) is 24.5 Å². The summed E-state index contributed by atoms with van der Waals surface area (Å²) in [6, 6.07) is 9.07. The zero-order valence-corrected chi connectivity index (χ0v) is 8.97. The van der Waals surface area contributed by atoms with Crippen LogP contribution in [0.5, 0.6) is 0 Å². The average Bonchev–Trinajstić information content (AvgIpc) is 2.83. The lowest BCUT2D eigenvalue weighted by atomic mass is 10.2. The summed E-state index contributed by atoms with van der Waals surface area (Å²) in [7, 11) is 0. The number of aromatic amines is 1. The van der Waals surface area contributed by atoms with Gasteiger partial charge in [0.2, 0.25) is 0 Å². The van der Waals surface area contributed by atoms with Crippen molar-refractivity contribution in [1.29, 1.82) is 0 Å². The van der Waals surface area contributed by atoms with Crippen LogP contribution in [0.15, 0.2) is 42.7 Å². The second-order valence-electron chi connectivity index (χ2n) is 3.53. The van der Waals surface area contributed by atoms with Gasteiger partial charge in [0.15, 0.2) is 0 Å². The van der Waals surface area contributed by atoms with E-state index in [1.165, 1.54) is 0 Å². The van der Waals surface area contributed by atoms with Crippen molar-refractivity contribution in [2.45, 2.75) is 13.0 Å². The fourth-order valence-electron chi connectivity index (χ4n) is 1.45. The van der Waals surface area contributed by atoms with Crippen LogP contribution in [0.4, 0.5) is 0 Å². The molecule has 0 aliphatic rings. The number of carbonyl (C=O) groups is 1. The van der Waals surface area contributed by atoms with E-state index < -0.39 is 0 Å². The minimum absolute atomic E-state index is 0.100. The molecule has 0 spiro atoms. The van der Waals surface area contributed by atoms with Crippen LogP contribution >= 0.6 is 0 Å². The van der Waals surface area contributed by atoms with Gasteiger partial charge in [-0.15, -0.1) is 0 Å². The molecule has 82 valence electrons. The first-order valence-electron chi connectivity index (χ1n) is 5.12. The number of pyridine rings is 1. The molecule has 2 heterocycles. The van der Waals surface area contributed by atoms with Crippen LogP contribution in [-0.4, -0.2) is 15.9 Å². The van der Waals surface area contributed by atoms with E-state index in [9.17, 15) is 4.79 Å². The summed E-state index contributed by atoms with van der Waals surface area (Å²) in [6.45, 7) is 1.91. The van der Waals surface area contributed by atoms with E-state index in [1.807, 2.05) is 25.1 Å². The predicted octanol–water partition coefficient (Wildman–Crippen LogP) is 1.90. The Balaban J connectivity index is 2.03. The number of nitrogens with zero attached hydrogens (tertiary/aromatic N) is 1. The van der Waals surface area contributed by atoms with Gasteiger partial charge in [0, 0.05) is 12.4 Å². The number of hydrogen-bond acceptors (Lipinski definition) is 2. The van der Waals surface area contributed by atoms with Crippen LogP contribution in [0.1, 0.15) is 29.1 Å². The lowest BCUT2D eigenvalue weighted by Crippen LogP contribution is -2.27. The Kier molecular flexibility index (Phi) is 3.00. The molecule has 16 heavy (non-hydrogen) atoms. The van der Waals surface area contributed by atoms with Crippen LogP contribution in [0.3, 0.4) is 0 Å². The van der Waals surface area contributed by atoms with Crippen molar-refractivity contribution in [2.75, 3.05) is 0 Å². The molecule has 2 aromatic rings. The standard InChI is InChI=1S/C12H13N3O/c1-9(10-5-2-3-7-13-10)15-12(16)11-6-4-8-14-11/h2-9,14H,1H3,(H,15,16). The van der Waals surface area contributed by atoms with Crippen molar-refractivity contribution >= 4 is 5.91 Å². The van der Waals surface area contributed by atoms with Crippen LogP contribution in [0, 0.1) is 0 Å². The van der Waals surface area contributed by atoms with Gasteiger partial charge in [0.05, 0.1) is 11.7 Å². The van der Waals surface area contributed by atoms with Gasteiger partial charge in [-0.3, -0.25) is 9.78 Å². The highest BCUT2D eigenvalue weighted by Crippen LogP contribution is 2.08. The molecule has 1 amide bonds. The minimum Gasteiger partial charge on any atom is -0.357 e. The Morgan fingerprint density at radius 1 is 1.38 bits per heavy atom. The topological polar surface area (TPSA) is 57.8 Å². The Bertz CT molecular complexity index is 450. The second-order valence-corrected chi connectivity index (χ2v) is 3.53. The largest absolute Gasteiger partial charge is 0.357 e. The fourth-order valence-corrected chi connectivity index (χ4v) is 1.45. The number of rotatable bonds is 3. The first-order valence-corrected chi connectivity index (χ1v) is 5.12. The molecule has 2 N–H and O–H groups in total. The lowest BCUT2D eigenvalue weighted by molar-refractivity contribution is 0.0934. The van der Waals surface area contributed by atoms with Crippen molar-refractivity contribution < 1.29 is 4.79 Å². The average molecular weight is 215 g/mol. The molecule has 2 aromatic heterocycles. The number of H-pyrrole nitrogens is 1. The van der Waals surface area contributed by atoms with Gasteiger partial charge in [-0.2, -0.15) is 0 Å². The number of hydrogen-bond donors (Lipinski definition) is 2. The second kappa shape index (κ2) is 4.61. The van der Waals surface area contributed by atoms with Crippen molar-refractivity contribution in [3.05, 3.63) is 54.1 Å². The van der Waals surface area contributed by atoms with Crippen LogP contribution in [0.25, 0.3) is 0 Å². The first-order chi connectivity index (χ1) is 7.77. The first kappa shape index (κ1) is 10.4. The molecule has 4 nitrogen and oxygen atoms in total. The molecular weight excluding hydrogens is 202 g/mol. The molecule has 0 aliphatic carbocycles. The maximum absolute atomic E-state index is 11.7. The molecule has 2 rings (SSSR count). The number of nitrogens with one attached hydrogen (secondary N) is 2. The highest BCUT2D eigenvalue weighted by atomic mass is 16.1. The van der Waals surface area contributed by atoms with Gasteiger partial charge in [-0.1, -0.05) is 6.07 Å². The summed E-state index contributed by atoms with van der Waals surface area (Å²) in [5.41, 5.74) is 1.41. The van der Waals surface area contributed by atoms with E-state index in [0.29, 0.717) is 5.69 Å². The Labute approximate surface area is 93.7 Å². The van der Waals surface area contributed by atoms with E-state index in [-0.39, 0.29) is 11.9 Å². The molecule has 0 aliphatic heterocycles. The molecule has 0 bridgehead atoms. The normalized spacial score (nSPS) is 12.1. The summed E-state index contributed by atoms with van der Waals surface area (Å²) in [5.74, 6) is -0.122. The highest BCUT2D eigenvalue weighted by Gasteiger charge is 2.11. The Morgan fingerprint density at radius 3 is 2.88 bits per heavy atom. The third-order valence-corrected chi connectivity index (χ3v) is 2.32. The zero-order valence-electron chi connectivity index (χ0n) is 8.97. The molecule has 0 aromatic carbocycles. The summed E-state index contributed by atoms with van der Waals surface area (Å²) in [6.07, 6.45) is 3.44. The van der Waals surface area contributed by atoms with Crippen LogP contribution in [0.2, 0.25) is 0 Å². The molecule has 4 heteroatoms. The summed E-state index contributed by atoms with van der Waals surface area (Å²) in [5, 5.41) is 2.87. The van der Waals surface area contributed by atoms with Gasteiger partial charge in [-0.25, -0.2) is 0 Å². The van der Waals surface area contributed by atoms with Crippen LogP contribution < -0.4 is 5.32 Å². The number of aromatic nitrogens is 2. The van der Waals surface area contributed by atoms with Crippen molar-refractivity contribution in [3.8, 4) is 0 Å². The minimum atomic E-state index is -0.122. The summed E-state index contributed by atoms with van der Waals surface area (Å²) < 4.78 is 0. The lowest BCUT2D eigenvalue weighted by Gasteiger charge is -2.12. The van der Waals surface area contributed by atoms with E-state index in [4.69, 9.17) is 0 Å². The van der Waals surface area contributed by atoms with Gasteiger partial charge in [0.25, 0.3) is 5.91 Å². The zero-order chi connectivity index (χ0) is 11.4. The SMILES string of the molecule is CC(NC(=O)c1ccc[nH]1)c1ccccn1. The van der Waals surface area contributed by atoms with E-state index in [2.05, 4.69) is 15.3 Å². The van der Waals surface area contributed by atoms with Crippen molar-refractivity contribution in [2.24, 2.45) is 0 Å². The van der Waals surface area contributed by atoms with Crippen molar-refractivity contribution in [3.63, 3.8) is 0 Å². The molecule has 0 saturated heterocycles. The molecule has 0 fully saturated rings. The monoisotopic (exact) mass is 215 g/mol. The fraction of sp³-hybridized carbons (Fsp3) is 0.167. The molecule has 1 atom stereocenters. The van der Waals surface area contributed by atoms with Gasteiger partial charge in [-0.05, 0) is 31.2 Å². The van der Waals surface area contributed by atoms with Crippen LogP contribution in [-0.2, 0) is 0 Å². The smallest absolute Gasteiger partial charge is 0.268 e. The Morgan fingerprint density at radius 2 is 2.25 bits per heavy atom. The number of amides is 1. The van der Waals surface area contributed by atoms with Gasteiger partial charge in [0.1, 0.15) is 5.69 Å². The molecular formula is C12H13N3O. The maximum Gasteiger partial charge on any atom is 0.268 e. The van der Waals surface area contributed by atoms with Gasteiger partial charge >= 0.3 is 0 Å². The molecule has 0 saturated carbocycles. The summed E-state index contributed by atoms with van der Waals surface area (Å²) >= 11 is 0. The predicted molar refractivity (Wildman–Crippen MR) is 60.9 cm³/mol. The van der Waals surface area contributed by atoms with E-state index >= 15 is 0 Å². The number of carbonyl (C=O) groups excluding carboxylic acids is 1. The quantitative estimate of drug-likeness (QED) is 0.821. The maximum atomic E-state index is 11.7. The summed E-state index contributed by atoms with van der Waals surface area (Å²) in [4.78, 5) is 18.8. The third-order valence-electron chi connectivity index (χ3n) is 2.32. The van der Waals surface area contributed by atoms with E-state index in [0.717, 1.165) is 5.69 Å². The third kappa shape index (κ3) is 2.28. The molecule has 1 unspecified atom stereocenters. The van der Waals surface area contributed by atoms with Gasteiger partial charge < -0.3 is 10.3 Å². The highest BCUT2D eigenvalue weighted by molar-refractivity contribution is 5.92. The van der Waals surface area contributed by atoms with Crippen molar-refractivity contribution in [1.82, 2.24) is 15.3 Å². The molecule has 0 radical (unpaired) electrons.